The van der Waals surface area contributed by atoms with Gasteiger partial charge in [0, 0.05) is 49.4 Å². The average molecular weight is 382 g/mol. The van der Waals surface area contributed by atoms with E-state index in [2.05, 4.69) is 55.9 Å². The maximum atomic E-state index is 5.49. The van der Waals surface area contributed by atoms with Gasteiger partial charge in [-0.05, 0) is 50.2 Å². The summed E-state index contributed by atoms with van der Waals surface area (Å²) in [7, 11) is 2.22. The minimum Gasteiger partial charge on any atom is -0.378 e. The van der Waals surface area contributed by atoms with Crippen LogP contribution in [0.3, 0.4) is 0 Å². The second kappa shape index (κ2) is 8.47. The number of piperazine rings is 1. The fourth-order valence-corrected chi connectivity index (χ4v) is 3.84. The monoisotopic (exact) mass is 381 g/mol. The van der Waals surface area contributed by atoms with E-state index < -0.39 is 0 Å². The van der Waals surface area contributed by atoms with Crippen LogP contribution in [-0.4, -0.2) is 75.9 Å². The molecule has 3 rings (SSSR count). The van der Waals surface area contributed by atoms with E-state index in [-0.39, 0.29) is 0 Å². The van der Waals surface area contributed by atoms with Gasteiger partial charge in [0.1, 0.15) is 0 Å². The van der Waals surface area contributed by atoms with Crippen molar-refractivity contribution in [1.82, 2.24) is 9.80 Å². The summed E-state index contributed by atoms with van der Waals surface area (Å²) in [5.41, 5.74) is 2.87. The number of hydrogen-bond acceptors (Lipinski definition) is 4. The van der Waals surface area contributed by atoms with Crippen molar-refractivity contribution in [2.45, 2.75) is 12.8 Å². The molecule has 23 heavy (non-hydrogen) atoms. The molecule has 128 valence electrons. The van der Waals surface area contributed by atoms with Gasteiger partial charge in [0.2, 0.25) is 0 Å². The van der Waals surface area contributed by atoms with Gasteiger partial charge in [-0.3, -0.25) is 0 Å². The zero-order valence-electron chi connectivity index (χ0n) is 14.1. The molecule has 0 amide bonds. The molecule has 2 saturated heterocycles. The Hall–Kier alpha value is -0.620. The van der Waals surface area contributed by atoms with E-state index >= 15 is 0 Å². The quantitative estimate of drug-likeness (QED) is 0.779. The Balaban J connectivity index is 1.56. The zero-order chi connectivity index (χ0) is 16.1. The van der Waals surface area contributed by atoms with Crippen LogP contribution in [0, 0.1) is 0 Å². The van der Waals surface area contributed by atoms with Crippen molar-refractivity contribution in [2.24, 2.45) is 0 Å². The minimum atomic E-state index is 0.844. The fraction of sp³-hybridized carbons (Fsp3) is 0.667. The summed E-state index contributed by atoms with van der Waals surface area (Å²) >= 11 is 3.64. The number of ether oxygens (including phenoxy) is 1. The Morgan fingerprint density at radius 2 is 1.78 bits per heavy atom. The van der Waals surface area contributed by atoms with Gasteiger partial charge in [0.05, 0.1) is 13.2 Å². The topological polar surface area (TPSA) is 19.0 Å². The van der Waals surface area contributed by atoms with Crippen LogP contribution in [0.25, 0.3) is 0 Å². The van der Waals surface area contributed by atoms with Gasteiger partial charge in [0.25, 0.3) is 0 Å². The standard InChI is InChI=1S/C18H28BrN3O/c1-20-7-9-21(10-8-20)6-2-3-16-15-17(19)4-5-18(16)22-11-13-23-14-12-22/h4-5,15H,2-3,6-14H2,1H3. The number of benzene rings is 1. The number of rotatable bonds is 5. The van der Waals surface area contributed by atoms with Crippen molar-refractivity contribution in [3.05, 3.63) is 28.2 Å². The van der Waals surface area contributed by atoms with Crippen LogP contribution in [0.2, 0.25) is 0 Å². The second-order valence-electron chi connectivity index (χ2n) is 6.62. The number of aryl methyl sites for hydroxylation is 1. The lowest BCUT2D eigenvalue weighted by Gasteiger charge is -2.33. The molecular formula is C18H28BrN3O. The molecule has 1 aromatic carbocycles. The van der Waals surface area contributed by atoms with Crippen LogP contribution < -0.4 is 4.90 Å². The van der Waals surface area contributed by atoms with E-state index in [0.717, 1.165) is 32.7 Å². The molecule has 0 spiro atoms. The molecule has 2 heterocycles. The molecule has 1 aromatic rings. The lowest BCUT2D eigenvalue weighted by molar-refractivity contribution is 0.122. The molecule has 5 heteroatoms. The number of anilines is 1. The largest absolute Gasteiger partial charge is 0.378 e. The lowest BCUT2D eigenvalue weighted by Crippen LogP contribution is -2.44. The van der Waals surface area contributed by atoms with E-state index in [4.69, 9.17) is 4.74 Å². The summed E-state index contributed by atoms with van der Waals surface area (Å²) in [4.78, 5) is 7.49. The van der Waals surface area contributed by atoms with Crippen molar-refractivity contribution in [3.8, 4) is 0 Å². The molecule has 2 fully saturated rings. The van der Waals surface area contributed by atoms with E-state index in [1.165, 1.54) is 54.9 Å². The SMILES string of the molecule is CN1CCN(CCCc2cc(Br)ccc2N2CCOCC2)CC1. The Morgan fingerprint density at radius 1 is 1.04 bits per heavy atom. The van der Waals surface area contributed by atoms with Crippen molar-refractivity contribution in [2.75, 3.05) is 71.0 Å². The third kappa shape index (κ3) is 4.92. The van der Waals surface area contributed by atoms with Crippen LogP contribution in [0.1, 0.15) is 12.0 Å². The van der Waals surface area contributed by atoms with Crippen LogP contribution >= 0.6 is 15.9 Å². The highest BCUT2D eigenvalue weighted by Crippen LogP contribution is 2.26. The lowest BCUT2D eigenvalue weighted by atomic mass is 10.1. The molecule has 0 unspecified atom stereocenters. The third-order valence-electron chi connectivity index (χ3n) is 4.91. The molecule has 0 aromatic heterocycles. The summed E-state index contributed by atoms with van der Waals surface area (Å²) in [6, 6.07) is 6.73. The summed E-state index contributed by atoms with van der Waals surface area (Å²) in [6.07, 6.45) is 2.38. The molecule has 0 bridgehead atoms. The third-order valence-corrected chi connectivity index (χ3v) is 5.40. The van der Waals surface area contributed by atoms with Gasteiger partial charge in [-0.25, -0.2) is 0 Å². The van der Waals surface area contributed by atoms with Crippen molar-refractivity contribution >= 4 is 21.6 Å². The van der Waals surface area contributed by atoms with Crippen LogP contribution in [-0.2, 0) is 11.2 Å². The number of morpholine rings is 1. The highest BCUT2D eigenvalue weighted by atomic mass is 79.9. The first-order valence-corrected chi connectivity index (χ1v) is 9.54. The first-order valence-electron chi connectivity index (χ1n) is 8.74. The Bertz CT molecular complexity index is 497. The molecular weight excluding hydrogens is 354 g/mol. The second-order valence-corrected chi connectivity index (χ2v) is 7.54. The highest BCUT2D eigenvalue weighted by Gasteiger charge is 2.16. The fourth-order valence-electron chi connectivity index (χ4n) is 3.43. The normalized spacial score (nSPS) is 20.9. The number of likely N-dealkylation sites (N-methyl/N-ethyl adjacent to an activating group) is 1. The molecule has 0 radical (unpaired) electrons. The van der Waals surface area contributed by atoms with Crippen LogP contribution in [0.15, 0.2) is 22.7 Å². The summed E-state index contributed by atoms with van der Waals surface area (Å²) in [5, 5.41) is 0. The Kier molecular flexibility index (Phi) is 6.34. The molecule has 2 aliphatic heterocycles. The van der Waals surface area contributed by atoms with Gasteiger partial charge in [-0.1, -0.05) is 15.9 Å². The predicted molar refractivity (Wildman–Crippen MR) is 99.4 cm³/mol. The first kappa shape index (κ1) is 17.2. The summed E-state index contributed by atoms with van der Waals surface area (Å²) < 4.78 is 6.68. The van der Waals surface area contributed by atoms with Crippen LogP contribution in [0.4, 0.5) is 5.69 Å². The first-order chi connectivity index (χ1) is 11.2. The van der Waals surface area contributed by atoms with Gasteiger partial charge in [-0.2, -0.15) is 0 Å². The minimum absolute atomic E-state index is 0.844. The molecule has 0 aliphatic carbocycles. The number of hydrogen-bond donors (Lipinski definition) is 0. The molecule has 0 atom stereocenters. The maximum absolute atomic E-state index is 5.49. The average Bonchev–Trinajstić information content (AvgIpc) is 2.58. The molecule has 2 aliphatic rings. The van der Waals surface area contributed by atoms with Gasteiger partial charge in [0.15, 0.2) is 0 Å². The van der Waals surface area contributed by atoms with Crippen molar-refractivity contribution in [1.29, 1.82) is 0 Å². The van der Waals surface area contributed by atoms with E-state index in [1.54, 1.807) is 0 Å². The van der Waals surface area contributed by atoms with Crippen molar-refractivity contribution < 1.29 is 4.74 Å². The molecule has 0 N–H and O–H groups in total. The van der Waals surface area contributed by atoms with Gasteiger partial charge >= 0.3 is 0 Å². The van der Waals surface area contributed by atoms with Crippen molar-refractivity contribution in [3.63, 3.8) is 0 Å². The van der Waals surface area contributed by atoms with Crippen LogP contribution in [0.5, 0.6) is 0 Å². The van der Waals surface area contributed by atoms with Gasteiger partial charge in [-0.15, -0.1) is 0 Å². The smallest absolute Gasteiger partial charge is 0.0642 e. The highest BCUT2D eigenvalue weighted by molar-refractivity contribution is 9.10. The van der Waals surface area contributed by atoms with E-state index in [1.807, 2.05) is 0 Å². The van der Waals surface area contributed by atoms with E-state index in [0.29, 0.717) is 0 Å². The number of halogens is 1. The molecule has 4 nitrogen and oxygen atoms in total. The Morgan fingerprint density at radius 3 is 2.52 bits per heavy atom. The van der Waals surface area contributed by atoms with E-state index in [9.17, 15) is 0 Å². The maximum Gasteiger partial charge on any atom is 0.0642 e. The predicted octanol–water partition coefficient (Wildman–Crippen LogP) is 2.47. The Labute approximate surface area is 148 Å². The summed E-state index contributed by atoms with van der Waals surface area (Å²) in [6.45, 7) is 9.75. The number of nitrogens with zero attached hydrogens (tertiary/aromatic N) is 3. The molecule has 0 saturated carbocycles. The zero-order valence-corrected chi connectivity index (χ0v) is 15.7. The summed E-state index contributed by atoms with van der Waals surface area (Å²) in [5.74, 6) is 0. The van der Waals surface area contributed by atoms with Gasteiger partial charge < -0.3 is 19.4 Å².